The highest BCUT2D eigenvalue weighted by atomic mass is 14.6. The molecule has 0 aliphatic heterocycles. The van der Waals surface area contributed by atoms with E-state index >= 15 is 0 Å². The van der Waals surface area contributed by atoms with Crippen molar-refractivity contribution in [3.8, 4) is 0 Å². The number of hydrogen-bond donors (Lipinski definition) is 0. The van der Waals surface area contributed by atoms with Crippen LogP contribution in [0.5, 0.6) is 0 Å². The SMILES string of the molecule is CC1(C)c2cccc3cccc(c23)C1(c1ccccc1)c1ccccc1. The lowest BCUT2D eigenvalue weighted by atomic mass is 9.57. The van der Waals surface area contributed by atoms with Crippen LogP contribution in [0.3, 0.4) is 0 Å². The maximum absolute atomic E-state index is 2.40. The van der Waals surface area contributed by atoms with Crippen molar-refractivity contribution < 1.29 is 0 Å². The first kappa shape index (κ1) is 15.4. The summed E-state index contributed by atoms with van der Waals surface area (Å²) in [6.07, 6.45) is 0. The van der Waals surface area contributed by atoms with Crippen molar-refractivity contribution in [3.05, 3.63) is 119 Å². The van der Waals surface area contributed by atoms with Crippen LogP contribution in [0.2, 0.25) is 0 Å². The molecule has 0 spiro atoms. The van der Waals surface area contributed by atoms with Gasteiger partial charge in [0.1, 0.15) is 0 Å². The van der Waals surface area contributed by atoms with Gasteiger partial charge in [0.2, 0.25) is 0 Å². The van der Waals surface area contributed by atoms with Crippen LogP contribution in [-0.2, 0) is 10.8 Å². The lowest BCUT2D eigenvalue weighted by Gasteiger charge is -2.44. The second kappa shape index (κ2) is 5.32. The average Bonchev–Trinajstić information content (AvgIpc) is 2.90. The summed E-state index contributed by atoms with van der Waals surface area (Å²) in [5, 5.41) is 2.76. The van der Waals surface area contributed by atoms with E-state index in [4.69, 9.17) is 0 Å². The van der Waals surface area contributed by atoms with E-state index < -0.39 is 0 Å². The molecule has 126 valence electrons. The summed E-state index contributed by atoms with van der Waals surface area (Å²) >= 11 is 0. The predicted octanol–water partition coefficient (Wildman–Crippen LogP) is 6.47. The van der Waals surface area contributed by atoms with Gasteiger partial charge in [0, 0.05) is 5.41 Å². The molecule has 0 nitrogen and oxygen atoms in total. The molecule has 0 fully saturated rings. The smallest absolute Gasteiger partial charge is 0.0548 e. The number of rotatable bonds is 2. The van der Waals surface area contributed by atoms with Gasteiger partial charge in [0.05, 0.1) is 5.41 Å². The van der Waals surface area contributed by atoms with Crippen LogP contribution >= 0.6 is 0 Å². The standard InChI is InChI=1S/C26H22/c1-25(2)22-17-9-11-19-12-10-18-23(24(19)22)26(25,20-13-5-3-6-14-20)21-15-7-4-8-16-21/h3-18H,1-2H3. The van der Waals surface area contributed by atoms with E-state index in [1.807, 2.05) is 0 Å². The Kier molecular flexibility index (Phi) is 3.15. The first-order valence-corrected chi connectivity index (χ1v) is 9.31. The number of benzene rings is 4. The highest BCUT2D eigenvalue weighted by Crippen LogP contribution is 2.60. The number of hydrogen-bond acceptors (Lipinski definition) is 0. The molecule has 26 heavy (non-hydrogen) atoms. The van der Waals surface area contributed by atoms with E-state index in [9.17, 15) is 0 Å². The largest absolute Gasteiger partial charge is 0.0622 e. The second-order valence-electron chi connectivity index (χ2n) is 7.82. The maximum atomic E-state index is 2.40. The zero-order chi connectivity index (χ0) is 17.8. The molecule has 0 atom stereocenters. The van der Waals surface area contributed by atoms with Crippen LogP contribution in [0, 0.1) is 0 Å². The van der Waals surface area contributed by atoms with E-state index in [2.05, 4.69) is 111 Å². The average molecular weight is 334 g/mol. The van der Waals surface area contributed by atoms with Crippen LogP contribution < -0.4 is 0 Å². The molecule has 0 heterocycles. The fourth-order valence-corrected chi connectivity index (χ4v) is 5.29. The Morgan fingerprint density at radius 3 is 1.54 bits per heavy atom. The van der Waals surface area contributed by atoms with Crippen LogP contribution in [0.4, 0.5) is 0 Å². The molecule has 0 aromatic heterocycles. The summed E-state index contributed by atoms with van der Waals surface area (Å²) in [5.74, 6) is 0. The molecule has 1 aliphatic carbocycles. The predicted molar refractivity (Wildman–Crippen MR) is 110 cm³/mol. The van der Waals surface area contributed by atoms with Gasteiger partial charge in [0.15, 0.2) is 0 Å². The molecule has 0 N–H and O–H groups in total. The van der Waals surface area contributed by atoms with Crippen molar-refractivity contribution in [2.75, 3.05) is 0 Å². The molecular weight excluding hydrogens is 312 g/mol. The Hall–Kier alpha value is -2.86. The van der Waals surface area contributed by atoms with E-state index in [0.29, 0.717) is 0 Å². The van der Waals surface area contributed by atoms with E-state index in [1.54, 1.807) is 0 Å². The van der Waals surface area contributed by atoms with E-state index in [0.717, 1.165) is 0 Å². The van der Waals surface area contributed by atoms with Gasteiger partial charge in [-0.05, 0) is 33.0 Å². The highest BCUT2D eigenvalue weighted by Gasteiger charge is 2.55. The van der Waals surface area contributed by atoms with Gasteiger partial charge in [-0.15, -0.1) is 0 Å². The third kappa shape index (κ3) is 1.74. The fraction of sp³-hybridized carbons (Fsp3) is 0.154. The van der Waals surface area contributed by atoms with Crippen molar-refractivity contribution >= 4 is 10.8 Å². The fourth-order valence-electron chi connectivity index (χ4n) is 5.29. The molecule has 0 amide bonds. The first-order chi connectivity index (χ1) is 12.7. The molecule has 4 aromatic carbocycles. The summed E-state index contributed by atoms with van der Waals surface area (Å²) < 4.78 is 0. The quantitative estimate of drug-likeness (QED) is 0.394. The summed E-state index contributed by atoms with van der Waals surface area (Å²) in [6.45, 7) is 4.81. The third-order valence-electron chi connectivity index (χ3n) is 6.33. The molecule has 0 unspecified atom stereocenters. The Bertz CT molecular complexity index is 1040. The van der Waals surface area contributed by atoms with Crippen molar-refractivity contribution in [2.24, 2.45) is 0 Å². The highest BCUT2D eigenvalue weighted by molar-refractivity contribution is 5.96. The lowest BCUT2D eigenvalue weighted by molar-refractivity contribution is 0.378. The van der Waals surface area contributed by atoms with Gasteiger partial charge >= 0.3 is 0 Å². The van der Waals surface area contributed by atoms with E-state index in [-0.39, 0.29) is 10.8 Å². The first-order valence-electron chi connectivity index (χ1n) is 9.31. The monoisotopic (exact) mass is 334 g/mol. The molecule has 0 saturated carbocycles. The molecule has 0 bridgehead atoms. The van der Waals surface area contributed by atoms with Gasteiger partial charge in [-0.1, -0.05) is 111 Å². The Morgan fingerprint density at radius 1 is 0.500 bits per heavy atom. The van der Waals surface area contributed by atoms with Gasteiger partial charge in [-0.2, -0.15) is 0 Å². The minimum absolute atomic E-state index is 0.0566. The lowest BCUT2D eigenvalue weighted by Crippen LogP contribution is -2.43. The van der Waals surface area contributed by atoms with Crippen LogP contribution in [0.25, 0.3) is 10.8 Å². The maximum Gasteiger partial charge on any atom is 0.0548 e. The molecular formula is C26H22. The summed E-state index contributed by atoms with van der Waals surface area (Å²) in [4.78, 5) is 0. The van der Waals surface area contributed by atoms with Crippen molar-refractivity contribution in [3.63, 3.8) is 0 Å². The summed E-state index contributed by atoms with van der Waals surface area (Å²) in [7, 11) is 0. The molecule has 4 aromatic rings. The summed E-state index contributed by atoms with van der Waals surface area (Å²) in [6, 6.07) is 35.6. The van der Waals surface area contributed by atoms with Gasteiger partial charge in [-0.3, -0.25) is 0 Å². The zero-order valence-electron chi connectivity index (χ0n) is 15.2. The van der Waals surface area contributed by atoms with Crippen LogP contribution in [0.1, 0.15) is 36.1 Å². The Balaban J connectivity index is 2.00. The molecule has 1 aliphatic rings. The van der Waals surface area contributed by atoms with Crippen molar-refractivity contribution in [2.45, 2.75) is 24.7 Å². The molecule has 0 heteroatoms. The molecule has 5 rings (SSSR count). The molecule has 0 radical (unpaired) electrons. The normalized spacial score (nSPS) is 16.7. The van der Waals surface area contributed by atoms with Crippen LogP contribution in [-0.4, -0.2) is 0 Å². The third-order valence-corrected chi connectivity index (χ3v) is 6.33. The van der Waals surface area contributed by atoms with Crippen molar-refractivity contribution in [1.82, 2.24) is 0 Å². The Morgan fingerprint density at radius 2 is 1.00 bits per heavy atom. The van der Waals surface area contributed by atoms with Gasteiger partial charge in [-0.25, -0.2) is 0 Å². The van der Waals surface area contributed by atoms with Crippen LogP contribution in [0.15, 0.2) is 97.1 Å². The summed E-state index contributed by atoms with van der Waals surface area (Å²) in [5.41, 5.74) is 5.34. The minimum Gasteiger partial charge on any atom is -0.0622 e. The zero-order valence-corrected chi connectivity index (χ0v) is 15.2. The minimum atomic E-state index is -0.196. The van der Waals surface area contributed by atoms with E-state index in [1.165, 1.54) is 33.0 Å². The van der Waals surface area contributed by atoms with Gasteiger partial charge < -0.3 is 0 Å². The van der Waals surface area contributed by atoms with Gasteiger partial charge in [0.25, 0.3) is 0 Å². The molecule has 0 saturated heterocycles. The second-order valence-corrected chi connectivity index (χ2v) is 7.82. The topological polar surface area (TPSA) is 0 Å². The Labute approximate surface area is 155 Å². The van der Waals surface area contributed by atoms with Crippen molar-refractivity contribution in [1.29, 1.82) is 0 Å².